The number of nitro groups is 1. The van der Waals surface area contributed by atoms with Gasteiger partial charge >= 0.3 is 0 Å². The molecular weight excluding hydrogens is 267 g/mol. The van der Waals surface area contributed by atoms with E-state index in [9.17, 15) is 14.5 Å². The number of halogens is 1. The molecule has 0 aliphatic carbocycles. The number of hydrogen-bond acceptors (Lipinski definition) is 6. The molecule has 0 atom stereocenters. The van der Waals surface area contributed by atoms with Gasteiger partial charge in [0, 0.05) is 24.9 Å². The molecule has 0 aliphatic rings. The molecule has 0 amide bonds. The average Bonchev–Trinajstić information content (AvgIpc) is 2.43. The SMILES string of the molecule is CNc1ncc(C)c(Oc2ccc([N+](=O)[O-])cc2F)n1. The van der Waals surface area contributed by atoms with Gasteiger partial charge in [0.15, 0.2) is 11.6 Å². The lowest BCUT2D eigenvalue weighted by Gasteiger charge is -2.09. The Kier molecular flexibility index (Phi) is 3.74. The van der Waals surface area contributed by atoms with Crippen molar-refractivity contribution >= 4 is 11.6 Å². The van der Waals surface area contributed by atoms with Gasteiger partial charge in [-0.15, -0.1) is 0 Å². The van der Waals surface area contributed by atoms with Gasteiger partial charge in [-0.05, 0) is 13.0 Å². The van der Waals surface area contributed by atoms with Gasteiger partial charge in [-0.3, -0.25) is 10.1 Å². The van der Waals surface area contributed by atoms with Crippen LogP contribution in [0.1, 0.15) is 5.56 Å². The van der Waals surface area contributed by atoms with Crippen molar-refractivity contribution in [3.8, 4) is 11.6 Å². The van der Waals surface area contributed by atoms with Crippen molar-refractivity contribution in [1.82, 2.24) is 9.97 Å². The lowest BCUT2D eigenvalue weighted by atomic mass is 10.3. The van der Waals surface area contributed by atoms with Gasteiger partial charge in [0.25, 0.3) is 5.69 Å². The van der Waals surface area contributed by atoms with Gasteiger partial charge in [-0.2, -0.15) is 4.98 Å². The Morgan fingerprint density at radius 1 is 1.45 bits per heavy atom. The Hall–Kier alpha value is -2.77. The molecule has 0 saturated carbocycles. The molecule has 2 aromatic rings. The standard InChI is InChI=1S/C12H11FN4O3/c1-7-6-15-12(14-2)16-11(7)20-10-4-3-8(17(18)19)5-9(10)13/h3-6H,1-2H3,(H,14,15,16). The molecule has 0 fully saturated rings. The fraction of sp³-hybridized carbons (Fsp3) is 0.167. The average molecular weight is 278 g/mol. The van der Waals surface area contributed by atoms with Crippen LogP contribution in [0.3, 0.4) is 0 Å². The normalized spacial score (nSPS) is 10.2. The highest BCUT2D eigenvalue weighted by Gasteiger charge is 2.14. The van der Waals surface area contributed by atoms with E-state index in [2.05, 4.69) is 15.3 Å². The third-order valence-electron chi connectivity index (χ3n) is 2.48. The molecule has 0 bridgehead atoms. The Labute approximate surface area is 113 Å². The van der Waals surface area contributed by atoms with Gasteiger partial charge in [0.1, 0.15) is 0 Å². The first kappa shape index (κ1) is 13.7. The molecule has 0 saturated heterocycles. The zero-order valence-electron chi connectivity index (χ0n) is 10.8. The zero-order chi connectivity index (χ0) is 14.7. The molecule has 0 aliphatic heterocycles. The largest absolute Gasteiger partial charge is 0.435 e. The number of nitrogens with zero attached hydrogens (tertiary/aromatic N) is 3. The highest BCUT2D eigenvalue weighted by Crippen LogP contribution is 2.28. The summed E-state index contributed by atoms with van der Waals surface area (Å²) in [6.45, 7) is 1.71. The molecule has 2 rings (SSSR count). The number of aryl methyl sites for hydroxylation is 1. The van der Waals surface area contributed by atoms with Crippen molar-refractivity contribution in [1.29, 1.82) is 0 Å². The molecule has 0 radical (unpaired) electrons. The molecule has 1 aromatic heterocycles. The minimum absolute atomic E-state index is 0.139. The number of benzene rings is 1. The second-order valence-corrected chi connectivity index (χ2v) is 3.91. The summed E-state index contributed by atoms with van der Waals surface area (Å²) < 4.78 is 19.1. The van der Waals surface area contributed by atoms with Crippen molar-refractivity contribution in [2.24, 2.45) is 0 Å². The fourth-order valence-corrected chi connectivity index (χ4v) is 1.44. The Morgan fingerprint density at radius 2 is 2.20 bits per heavy atom. The van der Waals surface area contributed by atoms with Gasteiger partial charge in [-0.1, -0.05) is 0 Å². The molecule has 104 valence electrons. The van der Waals surface area contributed by atoms with Crippen molar-refractivity contribution in [2.75, 3.05) is 12.4 Å². The maximum Gasteiger partial charge on any atom is 0.272 e. The van der Waals surface area contributed by atoms with E-state index in [1.54, 1.807) is 14.0 Å². The van der Waals surface area contributed by atoms with Crippen molar-refractivity contribution in [3.63, 3.8) is 0 Å². The van der Waals surface area contributed by atoms with Gasteiger partial charge in [-0.25, -0.2) is 9.37 Å². The minimum atomic E-state index is -0.830. The van der Waals surface area contributed by atoms with E-state index in [-0.39, 0.29) is 17.3 Å². The van der Waals surface area contributed by atoms with Crippen LogP contribution >= 0.6 is 0 Å². The van der Waals surface area contributed by atoms with Crippen LogP contribution in [0.25, 0.3) is 0 Å². The quantitative estimate of drug-likeness (QED) is 0.683. The smallest absolute Gasteiger partial charge is 0.272 e. The summed E-state index contributed by atoms with van der Waals surface area (Å²) in [6, 6.07) is 3.15. The monoisotopic (exact) mass is 278 g/mol. The van der Waals surface area contributed by atoms with Crippen LogP contribution in [-0.2, 0) is 0 Å². The van der Waals surface area contributed by atoms with Gasteiger partial charge < -0.3 is 10.1 Å². The summed E-state index contributed by atoms with van der Waals surface area (Å²) in [5, 5.41) is 13.3. The Balaban J connectivity index is 2.32. The second kappa shape index (κ2) is 5.47. The number of rotatable bonds is 4. The highest BCUT2D eigenvalue weighted by atomic mass is 19.1. The van der Waals surface area contributed by atoms with Gasteiger partial charge in [0.05, 0.1) is 11.0 Å². The van der Waals surface area contributed by atoms with E-state index < -0.39 is 10.7 Å². The van der Waals surface area contributed by atoms with Crippen LogP contribution in [0.2, 0.25) is 0 Å². The van der Waals surface area contributed by atoms with Crippen LogP contribution in [0.5, 0.6) is 11.6 Å². The number of hydrogen-bond donors (Lipinski definition) is 1. The first-order chi connectivity index (χ1) is 9.51. The van der Waals surface area contributed by atoms with E-state index >= 15 is 0 Å². The van der Waals surface area contributed by atoms with Crippen molar-refractivity contribution < 1.29 is 14.1 Å². The summed E-state index contributed by atoms with van der Waals surface area (Å²) in [5.41, 5.74) is 0.270. The third kappa shape index (κ3) is 2.79. The highest BCUT2D eigenvalue weighted by molar-refractivity contribution is 5.41. The predicted molar refractivity (Wildman–Crippen MR) is 69.4 cm³/mol. The molecule has 1 aromatic carbocycles. The molecule has 0 unspecified atom stereocenters. The van der Waals surface area contributed by atoms with Crippen LogP contribution in [0.4, 0.5) is 16.0 Å². The van der Waals surface area contributed by atoms with Crippen LogP contribution in [-0.4, -0.2) is 21.9 Å². The number of nitrogens with one attached hydrogen (secondary N) is 1. The predicted octanol–water partition coefficient (Wildman–Crippen LogP) is 2.67. The molecular formula is C12H11FN4O3. The molecule has 8 heteroatoms. The summed E-state index contributed by atoms with van der Waals surface area (Å²) in [4.78, 5) is 17.9. The molecule has 20 heavy (non-hydrogen) atoms. The summed E-state index contributed by atoms with van der Waals surface area (Å²) in [7, 11) is 1.64. The van der Waals surface area contributed by atoms with E-state index in [1.165, 1.54) is 12.3 Å². The van der Waals surface area contributed by atoms with E-state index in [1.807, 2.05) is 0 Å². The molecule has 1 heterocycles. The number of anilines is 1. The summed E-state index contributed by atoms with van der Waals surface area (Å²) in [6.07, 6.45) is 1.53. The number of non-ortho nitro benzene ring substituents is 1. The van der Waals surface area contributed by atoms with E-state index in [4.69, 9.17) is 4.74 Å². The topological polar surface area (TPSA) is 90.2 Å². The van der Waals surface area contributed by atoms with Crippen molar-refractivity contribution in [2.45, 2.75) is 6.92 Å². The van der Waals surface area contributed by atoms with Crippen LogP contribution < -0.4 is 10.1 Å². The van der Waals surface area contributed by atoms with Crippen LogP contribution in [0.15, 0.2) is 24.4 Å². The lowest BCUT2D eigenvalue weighted by molar-refractivity contribution is -0.385. The molecule has 0 spiro atoms. The fourth-order valence-electron chi connectivity index (χ4n) is 1.44. The number of nitro benzene ring substituents is 1. The van der Waals surface area contributed by atoms with Crippen molar-refractivity contribution in [3.05, 3.63) is 45.9 Å². The van der Waals surface area contributed by atoms with Crippen LogP contribution in [0, 0.1) is 22.9 Å². The second-order valence-electron chi connectivity index (χ2n) is 3.91. The maximum absolute atomic E-state index is 13.7. The first-order valence-electron chi connectivity index (χ1n) is 5.64. The number of aromatic nitrogens is 2. The summed E-state index contributed by atoms with van der Waals surface area (Å²) in [5.74, 6) is -0.465. The lowest BCUT2D eigenvalue weighted by Crippen LogP contribution is -2.00. The maximum atomic E-state index is 13.7. The van der Waals surface area contributed by atoms with E-state index in [0.717, 1.165) is 12.1 Å². The Bertz CT molecular complexity index is 663. The first-order valence-corrected chi connectivity index (χ1v) is 5.64. The molecule has 7 nitrogen and oxygen atoms in total. The zero-order valence-corrected chi connectivity index (χ0v) is 10.8. The molecule has 1 N–H and O–H groups in total. The third-order valence-corrected chi connectivity index (χ3v) is 2.48. The summed E-state index contributed by atoms with van der Waals surface area (Å²) >= 11 is 0. The van der Waals surface area contributed by atoms with Gasteiger partial charge in [0.2, 0.25) is 11.8 Å². The van der Waals surface area contributed by atoms with E-state index in [0.29, 0.717) is 11.5 Å². The minimum Gasteiger partial charge on any atom is -0.435 e. The Morgan fingerprint density at radius 3 is 2.80 bits per heavy atom. The number of ether oxygens (including phenoxy) is 1.